The Balaban J connectivity index is 1.90. The van der Waals surface area contributed by atoms with E-state index in [1.54, 1.807) is 0 Å². The van der Waals surface area contributed by atoms with Crippen molar-refractivity contribution in [3.8, 4) is 5.75 Å². The minimum Gasteiger partial charge on any atom is -0.489 e. The molecule has 0 fully saturated rings. The highest BCUT2D eigenvalue weighted by Gasteiger charge is 2.00. The van der Waals surface area contributed by atoms with Crippen molar-refractivity contribution >= 4 is 5.69 Å². The number of nitrogens with one attached hydrogen (secondary N) is 1. The third-order valence-electron chi connectivity index (χ3n) is 3.37. The topological polar surface area (TPSA) is 21.3 Å². The lowest BCUT2D eigenvalue weighted by atomic mass is 10.1. The summed E-state index contributed by atoms with van der Waals surface area (Å²) in [5.41, 5.74) is 3.60. The average molecular weight is 269 g/mol. The highest BCUT2D eigenvalue weighted by molar-refractivity contribution is 5.47. The second-order valence-corrected chi connectivity index (χ2v) is 5.26. The van der Waals surface area contributed by atoms with E-state index in [4.69, 9.17) is 4.74 Å². The second-order valence-electron chi connectivity index (χ2n) is 5.26. The summed E-state index contributed by atoms with van der Waals surface area (Å²) in [6.07, 6.45) is 1.12. The van der Waals surface area contributed by atoms with Crippen LogP contribution in [-0.4, -0.2) is 6.04 Å². The number of ether oxygens (including phenoxy) is 1. The van der Waals surface area contributed by atoms with Crippen LogP contribution in [0.25, 0.3) is 0 Å². The molecule has 20 heavy (non-hydrogen) atoms. The maximum absolute atomic E-state index is 5.81. The van der Waals surface area contributed by atoms with E-state index in [0.717, 1.165) is 17.9 Å². The zero-order valence-electron chi connectivity index (χ0n) is 12.5. The molecule has 106 valence electrons. The number of benzene rings is 2. The maximum atomic E-state index is 5.81. The molecule has 0 saturated heterocycles. The van der Waals surface area contributed by atoms with Crippen molar-refractivity contribution in [2.75, 3.05) is 5.32 Å². The second kappa shape index (κ2) is 6.99. The number of hydrogen-bond acceptors (Lipinski definition) is 2. The summed E-state index contributed by atoms with van der Waals surface area (Å²) in [6.45, 7) is 7.07. The summed E-state index contributed by atoms with van der Waals surface area (Å²) < 4.78 is 5.81. The predicted octanol–water partition coefficient (Wildman–Crippen LogP) is 4.78. The fourth-order valence-corrected chi connectivity index (χ4v) is 2.00. The molecule has 2 aromatic rings. The van der Waals surface area contributed by atoms with E-state index in [-0.39, 0.29) is 0 Å². The molecule has 2 rings (SSSR count). The maximum Gasteiger partial charge on any atom is 0.119 e. The zero-order chi connectivity index (χ0) is 14.4. The summed E-state index contributed by atoms with van der Waals surface area (Å²) in [5.74, 6) is 0.904. The van der Waals surface area contributed by atoms with Crippen molar-refractivity contribution in [2.45, 2.75) is 39.8 Å². The van der Waals surface area contributed by atoms with Crippen LogP contribution in [0.15, 0.2) is 48.5 Å². The number of rotatable bonds is 6. The Morgan fingerprint density at radius 3 is 2.50 bits per heavy atom. The van der Waals surface area contributed by atoms with Gasteiger partial charge in [-0.25, -0.2) is 0 Å². The first kappa shape index (κ1) is 14.4. The Hall–Kier alpha value is -1.96. The van der Waals surface area contributed by atoms with Crippen molar-refractivity contribution in [2.24, 2.45) is 0 Å². The standard InChI is InChI=1S/C18H23NO/c1-4-15(3)19-17-8-10-18(11-9-17)20-13-16-7-5-6-14(2)12-16/h5-12,15,19H,4,13H2,1-3H3. The van der Waals surface area contributed by atoms with Gasteiger partial charge in [0.15, 0.2) is 0 Å². The van der Waals surface area contributed by atoms with Crippen LogP contribution in [0.1, 0.15) is 31.4 Å². The van der Waals surface area contributed by atoms with Crippen LogP contribution in [0.5, 0.6) is 5.75 Å². The van der Waals surface area contributed by atoms with Gasteiger partial charge < -0.3 is 10.1 Å². The number of hydrogen-bond donors (Lipinski definition) is 1. The van der Waals surface area contributed by atoms with E-state index >= 15 is 0 Å². The molecule has 0 aliphatic carbocycles. The fourth-order valence-electron chi connectivity index (χ4n) is 2.00. The minimum atomic E-state index is 0.495. The normalized spacial score (nSPS) is 11.9. The first-order valence-electron chi connectivity index (χ1n) is 7.22. The van der Waals surface area contributed by atoms with E-state index in [1.165, 1.54) is 11.1 Å². The summed E-state index contributed by atoms with van der Waals surface area (Å²) in [4.78, 5) is 0. The molecule has 0 amide bonds. The minimum absolute atomic E-state index is 0.495. The molecule has 0 aliphatic rings. The van der Waals surface area contributed by atoms with Crippen molar-refractivity contribution < 1.29 is 4.74 Å². The van der Waals surface area contributed by atoms with Crippen LogP contribution in [-0.2, 0) is 6.61 Å². The molecular formula is C18H23NO. The average Bonchev–Trinajstić information content (AvgIpc) is 2.46. The molecule has 0 aliphatic heterocycles. The Labute approximate surface area is 121 Å². The predicted molar refractivity (Wildman–Crippen MR) is 85.3 cm³/mol. The molecule has 2 heteroatoms. The summed E-state index contributed by atoms with van der Waals surface area (Å²) >= 11 is 0. The molecule has 2 aromatic carbocycles. The quantitative estimate of drug-likeness (QED) is 0.814. The van der Waals surface area contributed by atoms with E-state index in [2.05, 4.69) is 62.5 Å². The molecule has 0 heterocycles. The fraction of sp³-hybridized carbons (Fsp3) is 0.333. The SMILES string of the molecule is CCC(C)Nc1ccc(OCc2cccc(C)c2)cc1. The van der Waals surface area contributed by atoms with Crippen molar-refractivity contribution in [3.63, 3.8) is 0 Å². The van der Waals surface area contributed by atoms with Gasteiger partial charge in [0.25, 0.3) is 0 Å². The van der Waals surface area contributed by atoms with Crippen molar-refractivity contribution in [3.05, 3.63) is 59.7 Å². The monoisotopic (exact) mass is 269 g/mol. The van der Waals surface area contributed by atoms with Gasteiger partial charge in [-0.05, 0) is 50.1 Å². The van der Waals surface area contributed by atoms with Gasteiger partial charge in [0.05, 0.1) is 0 Å². The molecular weight excluding hydrogens is 246 g/mol. The van der Waals surface area contributed by atoms with Gasteiger partial charge in [-0.1, -0.05) is 36.8 Å². The Bertz CT molecular complexity index is 533. The van der Waals surface area contributed by atoms with E-state index in [9.17, 15) is 0 Å². The van der Waals surface area contributed by atoms with Gasteiger partial charge in [-0.2, -0.15) is 0 Å². The smallest absolute Gasteiger partial charge is 0.119 e. The largest absolute Gasteiger partial charge is 0.489 e. The van der Waals surface area contributed by atoms with Crippen molar-refractivity contribution in [1.82, 2.24) is 0 Å². The van der Waals surface area contributed by atoms with Gasteiger partial charge in [0.1, 0.15) is 12.4 Å². The van der Waals surface area contributed by atoms with Gasteiger partial charge in [-0.15, -0.1) is 0 Å². The van der Waals surface area contributed by atoms with Crippen LogP contribution >= 0.6 is 0 Å². The summed E-state index contributed by atoms with van der Waals surface area (Å²) in [6, 6.07) is 17.1. The van der Waals surface area contributed by atoms with Gasteiger partial charge in [0, 0.05) is 11.7 Å². The molecule has 0 radical (unpaired) electrons. The van der Waals surface area contributed by atoms with Gasteiger partial charge >= 0.3 is 0 Å². The molecule has 0 spiro atoms. The molecule has 1 N–H and O–H groups in total. The number of anilines is 1. The molecule has 2 nitrogen and oxygen atoms in total. The van der Waals surface area contributed by atoms with E-state index in [0.29, 0.717) is 12.6 Å². The summed E-state index contributed by atoms with van der Waals surface area (Å²) in [5, 5.41) is 3.44. The molecule has 0 bridgehead atoms. The van der Waals surface area contributed by atoms with Crippen LogP contribution < -0.4 is 10.1 Å². The number of aryl methyl sites for hydroxylation is 1. The zero-order valence-corrected chi connectivity index (χ0v) is 12.5. The highest BCUT2D eigenvalue weighted by atomic mass is 16.5. The van der Waals surface area contributed by atoms with Gasteiger partial charge in [0.2, 0.25) is 0 Å². The third kappa shape index (κ3) is 4.30. The lowest BCUT2D eigenvalue weighted by Crippen LogP contribution is -2.13. The molecule has 1 atom stereocenters. The first-order chi connectivity index (χ1) is 9.67. The van der Waals surface area contributed by atoms with Crippen LogP contribution in [0.2, 0.25) is 0 Å². The Kier molecular flexibility index (Phi) is 5.05. The lowest BCUT2D eigenvalue weighted by Gasteiger charge is -2.13. The molecule has 0 aromatic heterocycles. The van der Waals surface area contributed by atoms with Crippen LogP contribution in [0.4, 0.5) is 5.69 Å². The Morgan fingerprint density at radius 2 is 1.85 bits per heavy atom. The molecule has 0 saturated carbocycles. The summed E-state index contributed by atoms with van der Waals surface area (Å²) in [7, 11) is 0. The highest BCUT2D eigenvalue weighted by Crippen LogP contribution is 2.18. The molecule has 1 unspecified atom stereocenters. The van der Waals surface area contributed by atoms with Crippen molar-refractivity contribution in [1.29, 1.82) is 0 Å². The van der Waals surface area contributed by atoms with E-state index in [1.807, 2.05) is 12.1 Å². The van der Waals surface area contributed by atoms with E-state index < -0.39 is 0 Å². The Morgan fingerprint density at radius 1 is 1.10 bits per heavy atom. The van der Waals surface area contributed by atoms with Crippen LogP contribution in [0.3, 0.4) is 0 Å². The third-order valence-corrected chi connectivity index (χ3v) is 3.37. The van der Waals surface area contributed by atoms with Gasteiger partial charge in [-0.3, -0.25) is 0 Å². The first-order valence-corrected chi connectivity index (χ1v) is 7.22. The lowest BCUT2D eigenvalue weighted by molar-refractivity contribution is 0.306. The van der Waals surface area contributed by atoms with Crippen LogP contribution in [0, 0.1) is 6.92 Å².